The standard InChI is InChI=1S/C21H25FN2O2/c1-15(2)10-12-23-20(25)17-7-5-8-18(14-17)21(26)24-13-11-16-6-3-4-9-19(16)22/h3-9,14-15H,10-13H2,1-2H3,(H,23,25)(H,24,26). The predicted octanol–water partition coefficient (Wildman–Crippen LogP) is 3.57. The fraction of sp³-hybridized carbons (Fsp3) is 0.333. The van der Waals surface area contributed by atoms with Gasteiger partial charge in [-0.25, -0.2) is 4.39 Å². The highest BCUT2D eigenvalue weighted by atomic mass is 19.1. The molecule has 4 nitrogen and oxygen atoms in total. The Kier molecular flexibility index (Phi) is 7.33. The van der Waals surface area contributed by atoms with E-state index in [4.69, 9.17) is 0 Å². The molecule has 0 saturated heterocycles. The van der Waals surface area contributed by atoms with Crippen LogP contribution in [0, 0.1) is 11.7 Å². The van der Waals surface area contributed by atoms with E-state index >= 15 is 0 Å². The SMILES string of the molecule is CC(C)CCNC(=O)c1cccc(C(=O)NCCc2ccccc2F)c1. The van der Waals surface area contributed by atoms with Gasteiger partial charge in [0.15, 0.2) is 0 Å². The second-order valence-corrected chi connectivity index (χ2v) is 6.62. The summed E-state index contributed by atoms with van der Waals surface area (Å²) in [6.45, 7) is 5.12. The molecule has 26 heavy (non-hydrogen) atoms. The molecule has 0 aliphatic rings. The Morgan fingerprint density at radius 1 is 0.923 bits per heavy atom. The molecule has 0 saturated carbocycles. The summed E-state index contributed by atoms with van der Waals surface area (Å²) >= 11 is 0. The minimum Gasteiger partial charge on any atom is -0.352 e. The maximum absolute atomic E-state index is 13.6. The first kappa shape index (κ1) is 19.6. The number of carbonyl (C=O) groups excluding carboxylic acids is 2. The summed E-state index contributed by atoms with van der Waals surface area (Å²) in [4.78, 5) is 24.4. The van der Waals surface area contributed by atoms with Gasteiger partial charge in [-0.3, -0.25) is 9.59 Å². The average molecular weight is 356 g/mol. The van der Waals surface area contributed by atoms with Crippen LogP contribution < -0.4 is 10.6 Å². The van der Waals surface area contributed by atoms with Gasteiger partial charge in [0.25, 0.3) is 11.8 Å². The van der Waals surface area contributed by atoms with Crippen LogP contribution in [0.2, 0.25) is 0 Å². The fourth-order valence-corrected chi connectivity index (χ4v) is 2.49. The van der Waals surface area contributed by atoms with Crippen molar-refractivity contribution in [2.45, 2.75) is 26.7 Å². The van der Waals surface area contributed by atoms with Crippen molar-refractivity contribution >= 4 is 11.8 Å². The van der Waals surface area contributed by atoms with Gasteiger partial charge in [-0.05, 0) is 48.6 Å². The lowest BCUT2D eigenvalue weighted by atomic mass is 10.1. The predicted molar refractivity (Wildman–Crippen MR) is 101 cm³/mol. The van der Waals surface area contributed by atoms with Gasteiger partial charge in [0, 0.05) is 24.2 Å². The molecule has 0 radical (unpaired) electrons. The molecule has 2 rings (SSSR count). The molecule has 5 heteroatoms. The molecular weight excluding hydrogens is 331 g/mol. The van der Waals surface area contributed by atoms with E-state index in [2.05, 4.69) is 24.5 Å². The maximum Gasteiger partial charge on any atom is 0.251 e. The van der Waals surface area contributed by atoms with E-state index in [1.165, 1.54) is 6.07 Å². The summed E-state index contributed by atoms with van der Waals surface area (Å²) in [5, 5.41) is 5.62. The average Bonchev–Trinajstić information content (AvgIpc) is 2.63. The van der Waals surface area contributed by atoms with Crippen molar-refractivity contribution in [3.8, 4) is 0 Å². The van der Waals surface area contributed by atoms with Crippen LogP contribution in [0.3, 0.4) is 0 Å². The van der Waals surface area contributed by atoms with Crippen molar-refractivity contribution in [2.24, 2.45) is 5.92 Å². The van der Waals surface area contributed by atoms with Crippen LogP contribution in [0.15, 0.2) is 48.5 Å². The summed E-state index contributed by atoms with van der Waals surface area (Å²) in [5.41, 5.74) is 1.43. The summed E-state index contributed by atoms with van der Waals surface area (Å²) in [6, 6.07) is 13.1. The third-order valence-electron chi connectivity index (χ3n) is 4.03. The van der Waals surface area contributed by atoms with Crippen LogP contribution in [0.5, 0.6) is 0 Å². The third kappa shape index (κ3) is 5.99. The van der Waals surface area contributed by atoms with Gasteiger partial charge in [0.05, 0.1) is 0 Å². The van der Waals surface area contributed by atoms with Crippen molar-refractivity contribution in [1.82, 2.24) is 10.6 Å². The lowest BCUT2D eigenvalue weighted by Gasteiger charge is -2.09. The first-order valence-electron chi connectivity index (χ1n) is 8.87. The first-order valence-corrected chi connectivity index (χ1v) is 8.87. The van der Waals surface area contributed by atoms with Crippen molar-refractivity contribution in [2.75, 3.05) is 13.1 Å². The minimum atomic E-state index is -0.279. The highest BCUT2D eigenvalue weighted by molar-refractivity contribution is 5.99. The van der Waals surface area contributed by atoms with E-state index in [1.54, 1.807) is 42.5 Å². The smallest absolute Gasteiger partial charge is 0.251 e. The number of hydrogen-bond acceptors (Lipinski definition) is 2. The van der Waals surface area contributed by atoms with Crippen molar-refractivity contribution in [3.05, 3.63) is 71.0 Å². The normalized spacial score (nSPS) is 10.6. The van der Waals surface area contributed by atoms with E-state index in [0.29, 0.717) is 42.1 Å². The number of benzene rings is 2. The van der Waals surface area contributed by atoms with Crippen LogP contribution in [0.25, 0.3) is 0 Å². The molecule has 138 valence electrons. The summed E-state index contributed by atoms with van der Waals surface area (Å²) in [6.07, 6.45) is 1.32. The Morgan fingerprint density at radius 3 is 2.15 bits per heavy atom. The van der Waals surface area contributed by atoms with Crippen molar-refractivity contribution < 1.29 is 14.0 Å². The number of amides is 2. The Balaban J connectivity index is 1.89. The van der Waals surface area contributed by atoms with E-state index in [-0.39, 0.29) is 17.6 Å². The van der Waals surface area contributed by atoms with Gasteiger partial charge < -0.3 is 10.6 Å². The fourth-order valence-electron chi connectivity index (χ4n) is 2.49. The van der Waals surface area contributed by atoms with Crippen LogP contribution in [0.4, 0.5) is 4.39 Å². The highest BCUT2D eigenvalue weighted by Gasteiger charge is 2.10. The molecule has 0 spiro atoms. The molecule has 2 N–H and O–H groups in total. The zero-order valence-electron chi connectivity index (χ0n) is 15.2. The molecule has 0 aliphatic carbocycles. The van der Waals surface area contributed by atoms with Gasteiger partial charge in [0.2, 0.25) is 0 Å². The highest BCUT2D eigenvalue weighted by Crippen LogP contribution is 2.08. The van der Waals surface area contributed by atoms with Gasteiger partial charge >= 0.3 is 0 Å². The van der Waals surface area contributed by atoms with E-state index < -0.39 is 0 Å². The molecule has 0 atom stereocenters. The van der Waals surface area contributed by atoms with Gasteiger partial charge in [-0.1, -0.05) is 38.1 Å². The topological polar surface area (TPSA) is 58.2 Å². The number of carbonyl (C=O) groups is 2. The minimum absolute atomic E-state index is 0.188. The quantitative estimate of drug-likeness (QED) is 0.760. The van der Waals surface area contributed by atoms with Gasteiger partial charge in [-0.2, -0.15) is 0 Å². The number of hydrogen-bond donors (Lipinski definition) is 2. The van der Waals surface area contributed by atoms with Crippen LogP contribution in [-0.2, 0) is 6.42 Å². The molecule has 0 fully saturated rings. The molecule has 2 aromatic rings. The number of rotatable bonds is 8. The molecule has 2 aromatic carbocycles. The molecule has 0 heterocycles. The van der Waals surface area contributed by atoms with Crippen LogP contribution in [0.1, 0.15) is 46.5 Å². The Hall–Kier alpha value is -2.69. The van der Waals surface area contributed by atoms with Gasteiger partial charge in [0.1, 0.15) is 5.82 Å². The third-order valence-corrected chi connectivity index (χ3v) is 4.03. The van der Waals surface area contributed by atoms with E-state index in [9.17, 15) is 14.0 Å². The van der Waals surface area contributed by atoms with Gasteiger partial charge in [-0.15, -0.1) is 0 Å². The molecule has 0 bridgehead atoms. The number of nitrogens with one attached hydrogen (secondary N) is 2. The Morgan fingerprint density at radius 2 is 1.54 bits per heavy atom. The molecule has 0 aliphatic heterocycles. The van der Waals surface area contributed by atoms with Crippen LogP contribution >= 0.6 is 0 Å². The van der Waals surface area contributed by atoms with E-state index in [1.807, 2.05) is 0 Å². The first-order chi connectivity index (χ1) is 12.5. The molecule has 0 aromatic heterocycles. The Bertz CT molecular complexity index is 759. The van der Waals surface area contributed by atoms with Crippen molar-refractivity contribution in [1.29, 1.82) is 0 Å². The maximum atomic E-state index is 13.6. The second kappa shape index (κ2) is 9.70. The van der Waals surface area contributed by atoms with E-state index in [0.717, 1.165) is 6.42 Å². The van der Waals surface area contributed by atoms with Crippen molar-refractivity contribution in [3.63, 3.8) is 0 Å². The zero-order valence-corrected chi connectivity index (χ0v) is 15.2. The molecule has 0 unspecified atom stereocenters. The monoisotopic (exact) mass is 356 g/mol. The molecule has 2 amide bonds. The lowest BCUT2D eigenvalue weighted by molar-refractivity contribution is 0.0951. The van der Waals surface area contributed by atoms with Crippen LogP contribution in [-0.4, -0.2) is 24.9 Å². The molecular formula is C21H25FN2O2. The lowest BCUT2D eigenvalue weighted by Crippen LogP contribution is -2.27. The summed E-state index contributed by atoms with van der Waals surface area (Å²) < 4.78 is 13.6. The zero-order chi connectivity index (χ0) is 18.9. The number of halogens is 1. The summed E-state index contributed by atoms with van der Waals surface area (Å²) in [7, 11) is 0. The largest absolute Gasteiger partial charge is 0.352 e. The second-order valence-electron chi connectivity index (χ2n) is 6.62. The Labute approximate surface area is 153 Å². The summed E-state index contributed by atoms with van der Waals surface area (Å²) in [5.74, 6) is -0.228.